The zero-order valence-corrected chi connectivity index (χ0v) is 34.0. The predicted molar refractivity (Wildman–Crippen MR) is 228 cm³/mol. The summed E-state index contributed by atoms with van der Waals surface area (Å²) in [6.45, 7) is 0.766. The van der Waals surface area contributed by atoms with E-state index in [0.717, 1.165) is 53.5 Å². The van der Waals surface area contributed by atoms with E-state index in [1.807, 2.05) is 59.5 Å². The first-order chi connectivity index (χ1) is 29.2. The lowest BCUT2D eigenvalue weighted by Crippen LogP contribution is -2.71. The molecule has 2 fully saturated rings. The Morgan fingerprint density at radius 2 is 1.47 bits per heavy atom. The summed E-state index contributed by atoms with van der Waals surface area (Å²) < 4.78 is 0. The lowest BCUT2D eigenvalue weighted by molar-refractivity contribution is -0.150. The third-order valence-electron chi connectivity index (χ3n) is 11.6. The first-order valence-corrected chi connectivity index (χ1v) is 21.8. The standard InChI is InChI=1S/C45H42N6O7S2/c52-35-22-27-20-21-50(24-28(27)23-36(35)53)34-26-59-42-38(41(55)51(42)39(34)43(56)57)47-40(54)37(49-58-32-18-10-11-19-32)33-25-60-44(46-33)48-45(29-12-4-1-5-13-29,30-14-6-2-7-15-30)31-16-8-3-9-17-31/h1-9,12-17,22-23,25,32,38,42,52-53H,10-11,18-21,24,26H2,(H,46,48)(H,47,54)(H,56,57)/t38?,42-/m0/s1. The van der Waals surface area contributed by atoms with Gasteiger partial charge >= 0.3 is 5.97 Å². The number of thioether (sulfide) groups is 1. The molecule has 4 aromatic carbocycles. The smallest absolute Gasteiger partial charge is 0.354 e. The summed E-state index contributed by atoms with van der Waals surface area (Å²) >= 11 is 2.68. The fraction of sp³-hybridized carbons (Fsp3) is 0.267. The molecule has 1 aromatic heterocycles. The van der Waals surface area contributed by atoms with Crippen LogP contribution in [-0.2, 0) is 37.7 Å². The van der Waals surface area contributed by atoms with Crippen molar-refractivity contribution in [3.8, 4) is 11.5 Å². The Labute approximate surface area is 354 Å². The van der Waals surface area contributed by atoms with Crippen LogP contribution in [0.4, 0.5) is 5.13 Å². The van der Waals surface area contributed by atoms with Crippen LogP contribution in [0.5, 0.6) is 11.5 Å². The van der Waals surface area contributed by atoms with Crippen molar-refractivity contribution in [1.82, 2.24) is 20.1 Å². The molecule has 4 aliphatic rings. The number of anilines is 1. The second-order valence-corrected chi connectivity index (χ2v) is 17.2. The maximum atomic E-state index is 14.3. The normalized spacial score (nSPS) is 19.3. The maximum Gasteiger partial charge on any atom is 0.354 e. The van der Waals surface area contributed by atoms with E-state index in [1.54, 1.807) is 5.38 Å². The molecule has 0 spiro atoms. The highest BCUT2D eigenvalue weighted by molar-refractivity contribution is 8.00. The Kier molecular flexibility index (Phi) is 10.7. The average Bonchev–Trinajstić information content (AvgIpc) is 3.98. The van der Waals surface area contributed by atoms with Gasteiger partial charge in [-0.2, -0.15) is 0 Å². The lowest BCUT2D eigenvalue weighted by atomic mass is 9.77. The van der Waals surface area contributed by atoms with E-state index in [0.29, 0.717) is 30.3 Å². The fourth-order valence-electron chi connectivity index (χ4n) is 8.57. The SMILES string of the molecule is O=C(O)C1=C(N2CCc3cc(O)c(O)cc3C2)CS[C@H]2C(NC(=O)C(=NOC3CCCC3)c3csc(NC(c4ccccc4)(c4ccccc4)c4ccccc4)n3)C(=O)N12. The van der Waals surface area contributed by atoms with E-state index in [4.69, 9.17) is 9.82 Å². The third kappa shape index (κ3) is 7.21. The second kappa shape index (κ2) is 16.4. The van der Waals surface area contributed by atoms with Gasteiger partial charge in [0.05, 0.1) is 5.70 Å². The number of fused-ring (bicyclic) bond motifs is 2. The maximum absolute atomic E-state index is 14.3. The zero-order chi connectivity index (χ0) is 41.4. The van der Waals surface area contributed by atoms with Crippen LogP contribution in [0.15, 0.2) is 125 Å². The molecule has 5 aromatic rings. The number of hydrogen-bond acceptors (Lipinski definition) is 12. The quantitative estimate of drug-likeness (QED) is 0.0310. The number of hydrogen-bond donors (Lipinski definition) is 5. The Bertz CT molecular complexity index is 2390. The van der Waals surface area contributed by atoms with Gasteiger partial charge in [-0.05, 0) is 72.1 Å². The Morgan fingerprint density at radius 1 is 0.867 bits per heavy atom. The minimum atomic E-state index is -1.25. The van der Waals surface area contributed by atoms with E-state index in [1.165, 1.54) is 40.1 Å². The number of phenolic OH excluding ortho intramolecular Hbond substituents is 2. The number of amides is 2. The number of β-lactam (4-membered cyclic amide) rings is 1. The number of aliphatic carboxylic acids is 1. The van der Waals surface area contributed by atoms with E-state index in [-0.39, 0.29) is 40.5 Å². The van der Waals surface area contributed by atoms with Crippen LogP contribution in [0.25, 0.3) is 0 Å². The average molecular weight is 843 g/mol. The van der Waals surface area contributed by atoms with Crippen LogP contribution >= 0.6 is 23.1 Å². The topological polar surface area (TPSA) is 177 Å². The molecule has 306 valence electrons. The van der Waals surface area contributed by atoms with Crippen molar-refractivity contribution >= 4 is 51.7 Å². The summed E-state index contributed by atoms with van der Waals surface area (Å²) in [5.41, 5.74) is 4.24. The lowest BCUT2D eigenvalue weighted by Gasteiger charge is -2.50. The number of carboxylic acid groups (broad SMARTS) is 1. The van der Waals surface area contributed by atoms with Gasteiger partial charge in [0.15, 0.2) is 28.0 Å². The molecule has 1 unspecified atom stereocenters. The van der Waals surface area contributed by atoms with Crippen LogP contribution < -0.4 is 10.6 Å². The number of carbonyl (C=O) groups excluding carboxylic acids is 2. The van der Waals surface area contributed by atoms with Crippen LogP contribution in [0.2, 0.25) is 0 Å². The molecule has 1 saturated heterocycles. The van der Waals surface area contributed by atoms with Crippen LogP contribution in [-0.4, -0.2) is 83.4 Å². The van der Waals surface area contributed by atoms with Gasteiger partial charge in [0.1, 0.15) is 28.8 Å². The first kappa shape index (κ1) is 39.2. The van der Waals surface area contributed by atoms with E-state index >= 15 is 0 Å². The summed E-state index contributed by atoms with van der Waals surface area (Å²) in [4.78, 5) is 55.0. The number of nitrogens with zero attached hydrogens (tertiary/aromatic N) is 4. The van der Waals surface area contributed by atoms with Crippen molar-refractivity contribution in [3.05, 3.63) is 153 Å². The molecular weight excluding hydrogens is 801 g/mol. The minimum absolute atomic E-state index is 0.0843. The summed E-state index contributed by atoms with van der Waals surface area (Å²) in [6.07, 6.45) is 3.97. The van der Waals surface area contributed by atoms with Crippen LogP contribution in [0.3, 0.4) is 0 Å². The summed E-state index contributed by atoms with van der Waals surface area (Å²) in [7, 11) is 0. The van der Waals surface area contributed by atoms with E-state index < -0.39 is 34.7 Å². The van der Waals surface area contributed by atoms with E-state index in [2.05, 4.69) is 52.2 Å². The molecule has 2 atom stereocenters. The predicted octanol–water partition coefficient (Wildman–Crippen LogP) is 6.38. The third-order valence-corrected chi connectivity index (χ3v) is 13.6. The number of thiazole rings is 1. The summed E-state index contributed by atoms with van der Waals surface area (Å²) in [6, 6.07) is 32.3. The van der Waals surface area contributed by atoms with Crippen LogP contribution in [0, 0.1) is 0 Å². The number of aromatic nitrogens is 1. The molecule has 3 aliphatic heterocycles. The van der Waals surface area contributed by atoms with Gasteiger partial charge in [0, 0.05) is 24.2 Å². The minimum Gasteiger partial charge on any atom is -0.504 e. The van der Waals surface area contributed by atoms with Crippen LogP contribution in [0.1, 0.15) is 59.2 Å². The van der Waals surface area contributed by atoms with Gasteiger partial charge in [-0.1, -0.05) is 96.2 Å². The number of nitrogens with one attached hydrogen (secondary N) is 2. The van der Waals surface area contributed by atoms with Gasteiger partial charge in [-0.15, -0.1) is 23.1 Å². The Balaban J connectivity index is 0.994. The molecule has 0 bridgehead atoms. The molecule has 5 N–H and O–H groups in total. The number of oxime groups is 1. The van der Waals surface area contributed by atoms with E-state index in [9.17, 15) is 29.7 Å². The monoisotopic (exact) mass is 842 g/mol. The molecule has 0 radical (unpaired) electrons. The highest BCUT2D eigenvalue weighted by Crippen LogP contribution is 2.44. The van der Waals surface area contributed by atoms with Gasteiger partial charge in [0.25, 0.3) is 11.8 Å². The molecule has 60 heavy (non-hydrogen) atoms. The fourth-order valence-corrected chi connectivity index (χ4v) is 10.7. The van der Waals surface area contributed by atoms with Crippen molar-refractivity contribution in [2.75, 3.05) is 17.6 Å². The van der Waals surface area contributed by atoms with Crippen molar-refractivity contribution in [3.63, 3.8) is 0 Å². The van der Waals surface area contributed by atoms with Crippen molar-refractivity contribution in [2.24, 2.45) is 5.16 Å². The number of rotatable bonds is 12. The molecule has 9 rings (SSSR count). The molecular formula is C45H42N6O7S2. The van der Waals surface area contributed by atoms with Gasteiger partial charge in [-0.3, -0.25) is 14.5 Å². The number of carboxylic acids is 1. The zero-order valence-electron chi connectivity index (χ0n) is 32.4. The van der Waals surface area contributed by atoms with Crippen molar-refractivity contribution in [1.29, 1.82) is 0 Å². The largest absolute Gasteiger partial charge is 0.504 e. The number of aromatic hydroxyl groups is 2. The van der Waals surface area contributed by atoms with Crippen molar-refractivity contribution in [2.45, 2.75) is 61.7 Å². The summed E-state index contributed by atoms with van der Waals surface area (Å²) in [5, 5.41) is 43.1. The summed E-state index contributed by atoms with van der Waals surface area (Å²) in [5.74, 6) is -2.64. The van der Waals surface area contributed by atoms with Gasteiger partial charge in [0.2, 0.25) is 0 Å². The molecule has 4 heterocycles. The molecule has 1 saturated carbocycles. The highest BCUT2D eigenvalue weighted by atomic mass is 32.2. The number of benzene rings is 4. The van der Waals surface area contributed by atoms with Gasteiger partial charge in [-0.25, -0.2) is 9.78 Å². The molecule has 15 heteroatoms. The van der Waals surface area contributed by atoms with Crippen molar-refractivity contribution < 1.29 is 34.5 Å². The highest BCUT2D eigenvalue weighted by Gasteiger charge is 2.55. The molecule has 2 amide bonds. The first-order valence-electron chi connectivity index (χ1n) is 19.9. The Morgan fingerprint density at radius 3 is 2.07 bits per heavy atom. The Hall–Kier alpha value is -6.32. The number of carbonyl (C=O) groups is 3. The number of phenols is 2. The second-order valence-electron chi connectivity index (χ2n) is 15.2. The molecule has 1 aliphatic carbocycles. The molecule has 13 nitrogen and oxygen atoms in total. The van der Waals surface area contributed by atoms with Gasteiger partial charge < -0.3 is 35.7 Å².